The van der Waals surface area contributed by atoms with E-state index in [0.717, 1.165) is 38.0 Å². The normalized spacial score (nSPS) is 32.0. The molecule has 0 amide bonds. The van der Waals surface area contributed by atoms with Crippen LogP contribution < -0.4 is 11.2 Å². The predicted octanol–water partition coefficient (Wildman–Crippen LogP) is 4.49. The molecule has 0 radical (unpaired) electrons. The number of ether oxygens (including phenoxy) is 1. The Hall–Kier alpha value is -0.0351. The van der Waals surface area contributed by atoms with Crippen LogP contribution in [0, 0.1) is 6.92 Å². The van der Waals surface area contributed by atoms with Crippen molar-refractivity contribution in [3.63, 3.8) is 0 Å². The van der Waals surface area contributed by atoms with Gasteiger partial charge in [0.15, 0.2) is 0 Å². The Bertz CT molecular complexity index is 1130. The zero-order valence-corrected chi connectivity index (χ0v) is 28.4. The van der Waals surface area contributed by atoms with E-state index in [1.165, 1.54) is 10.8 Å². The van der Waals surface area contributed by atoms with Crippen molar-refractivity contribution >= 4 is 47.2 Å². The summed E-state index contributed by atoms with van der Waals surface area (Å²) >= 11 is 7.08. The maximum Gasteiger partial charge on any atom is 0.330 e. The first-order valence-electron chi connectivity index (χ1n) is 15.3. The van der Waals surface area contributed by atoms with Gasteiger partial charge in [-0.05, 0) is 92.9 Å². The van der Waals surface area contributed by atoms with Crippen LogP contribution in [-0.2, 0) is 22.5 Å². The lowest BCUT2D eigenvalue weighted by Crippen LogP contribution is -2.38. The fourth-order valence-corrected chi connectivity index (χ4v) is 8.96. The summed E-state index contributed by atoms with van der Waals surface area (Å²) in [5, 5.41) is 0. The molecule has 3 fully saturated rings. The average molecular weight is 658 g/mol. The van der Waals surface area contributed by atoms with E-state index in [0.29, 0.717) is 24.1 Å². The Labute approximate surface area is 259 Å². The average Bonchev–Trinajstić information content (AvgIpc) is 3.30. The quantitative estimate of drug-likeness (QED) is 0.167. The summed E-state index contributed by atoms with van der Waals surface area (Å²) in [4.78, 5) is 26.4. The Morgan fingerprint density at radius 2 is 1.88 bits per heavy atom. The highest BCUT2D eigenvalue weighted by Gasteiger charge is 2.42. The third kappa shape index (κ3) is 10.3. The fourth-order valence-electron chi connectivity index (χ4n) is 4.50. The highest BCUT2D eigenvalue weighted by molar-refractivity contribution is 7.95. The van der Waals surface area contributed by atoms with Crippen molar-refractivity contribution in [1.29, 1.82) is 2.67 Å². The van der Waals surface area contributed by atoms with E-state index in [9.17, 15) is 9.59 Å². The second-order valence-electron chi connectivity index (χ2n) is 10.9. The van der Waals surface area contributed by atoms with Crippen molar-refractivity contribution in [2.24, 2.45) is 0 Å². The summed E-state index contributed by atoms with van der Waals surface area (Å²) in [7, 11) is -3.11. The lowest BCUT2D eigenvalue weighted by atomic mass is 10.2. The Kier molecular flexibility index (Phi) is 13.3. The lowest BCUT2D eigenvalue weighted by molar-refractivity contribution is -0.0377. The van der Waals surface area contributed by atoms with E-state index >= 15 is 0 Å². The molecule has 1 aromatic rings. The summed E-state index contributed by atoms with van der Waals surface area (Å²) in [5.74, 6) is 0. The molecule has 234 valence electrons. The van der Waals surface area contributed by atoms with E-state index in [1.54, 1.807) is 6.92 Å². The van der Waals surface area contributed by atoms with Gasteiger partial charge in [0.05, 0.1) is 24.9 Å². The Balaban J connectivity index is 0.000000386. The summed E-state index contributed by atoms with van der Waals surface area (Å²) in [6, 6.07) is 0.763. The molecule has 3 saturated heterocycles. The number of hydrogen-bond acceptors (Lipinski definition) is 10. The largest absolute Gasteiger partial charge is 0.349 e. The monoisotopic (exact) mass is 657 g/mol. The third-order valence-corrected chi connectivity index (χ3v) is 11.8. The number of halogens is 1. The molecule has 1 N–H and O–H groups in total. The molecule has 0 saturated carbocycles. The number of aromatic amines is 1. The van der Waals surface area contributed by atoms with Gasteiger partial charge < -0.3 is 22.5 Å². The number of nitrogens with zero attached hydrogens (tertiary/aromatic N) is 3. The van der Waals surface area contributed by atoms with Gasteiger partial charge in [0, 0.05) is 43.4 Å². The van der Waals surface area contributed by atoms with Gasteiger partial charge >= 0.3 is 5.69 Å². The lowest BCUT2D eigenvalue weighted by Gasteiger charge is -2.40. The van der Waals surface area contributed by atoms with Crippen molar-refractivity contribution < 1.29 is 22.5 Å². The summed E-state index contributed by atoms with van der Waals surface area (Å²) in [6.45, 7) is 16.4. The molecule has 0 bridgehead atoms. The third-order valence-electron chi connectivity index (χ3n) is 6.92. The molecular formula is C25H46BClN4O7P2S. The van der Waals surface area contributed by atoms with E-state index in [-0.39, 0.29) is 30.5 Å². The summed E-state index contributed by atoms with van der Waals surface area (Å²) in [6.07, 6.45) is 2.88. The molecule has 3 aliphatic heterocycles. The maximum absolute atomic E-state index is 12.4. The van der Waals surface area contributed by atoms with Crippen molar-refractivity contribution in [2.75, 3.05) is 25.3 Å². The van der Waals surface area contributed by atoms with E-state index in [4.69, 9.17) is 36.4 Å². The number of rotatable bonds is 10. The Morgan fingerprint density at radius 1 is 1.22 bits per heavy atom. The van der Waals surface area contributed by atoms with E-state index < -0.39 is 47.5 Å². The first-order valence-corrected chi connectivity index (χ1v) is 18.3. The van der Waals surface area contributed by atoms with Gasteiger partial charge in [0.2, 0.25) is 7.65 Å². The van der Waals surface area contributed by atoms with Gasteiger partial charge in [-0.15, -0.1) is 0 Å². The number of H-pyrrole nitrogens is 1. The molecular weight excluding hydrogens is 609 g/mol. The molecule has 7 atom stereocenters. The van der Waals surface area contributed by atoms with Crippen LogP contribution in [0.25, 0.3) is 0 Å². The van der Waals surface area contributed by atoms with Crippen LogP contribution in [0.3, 0.4) is 0 Å². The molecule has 1 aromatic heterocycles. The van der Waals surface area contributed by atoms with Crippen LogP contribution in [0.1, 0.15) is 72.6 Å². The maximum atomic E-state index is 12.4. The van der Waals surface area contributed by atoms with Crippen molar-refractivity contribution in [2.45, 2.75) is 110 Å². The number of nitrogens with one attached hydrogen (secondary N) is 1. The second-order valence-corrected chi connectivity index (χ2v) is 15.2. The van der Waals surface area contributed by atoms with Gasteiger partial charge in [-0.25, -0.2) is 14.1 Å². The van der Waals surface area contributed by atoms with Crippen molar-refractivity contribution in [3.05, 3.63) is 32.6 Å². The van der Waals surface area contributed by atoms with Gasteiger partial charge in [-0.1, -0.05) is 0 Å². The Morgan fingerprint density at radius 3 is 2.51 bits per heavy atom. The molecule has 4 rings (SSSR count). The van der Waals surface area contributed by atoms with E-state index in [2.05, 4.69) is 48.9 Å². The smallest absolute Gasteiger partial charge is 0.330 e. The molecule has 0 aromatic carbocycles. The fraction of sp³-hybridized carbons (Fsp3) is 0.840. The molecule has 41 heavy (non-hydrogen) atoms. The number of aryl methyl sites for hydroxylation is 1. The number of aromatic nitrogens is 2. The van der Waals surface area contributed by atoms with Gasteiger partial charge in [-0.2, -0.15) is 0 Å². The summed E-state index contributed by atoms with van der Waals surface area (Å²) < 4.78 is 50.1. The minimum Gasteiger partial charge on any atom is -0.349 e. The topological polar surface area (TPSA) is 107 Å². The molecule has 5 unspecified atom stereocenters. The minimum absolute atomic E-state index is 0.0926. The molecule has 3 aliphatic rings. The zero-order valence-electron chi connectivity index (χ0n) is 27.0. The van der Waals surface area contributed by atoms with Crippen LogP contribution in [0.2, 0.25) is 0 Å². The second kappa shape index (κ2) is 16.9. The standard InChI is InChI=1S/C18H31BN3O6PS.C7H15ClNOP/c1-11(2)22-6-5-13(4)27-29(22)28-14-7-16(26-15(14)9-25-30-10-19)21-8-12(3)17(23)20-18(21)24;1-6(2)9-5-4-7(3)10-11(9)8/h8,11,13-16H,5-7,9-10,19H2,1-4H3,(H,20,23,24);6-7H,4-5H2,1-3H3/t13-,14?,15?,16?,29?;7-,11?/m01/s1/i19TD;. The SMILES string of the molecule is CC(C)N1CC[C@@H](C)OP1Cl.[2H]B([3H])CSOCC1OC(n2cc(C)c(=O)[nH]c2=O)CC1OP1O[C@@H](C)CCN1C(C)C. The molecule has 4 heterocycles. The summed E-state index contributed by atoms with van der Waals surface area (Å²) in [5.41, 5.74) is -0.329. The molecule has 0 spiro atoms. The van der Waals surface area contributed by atoms with Crippen LogP contribution in [0.4, 0.5) is 0 Å². The highest BCUT2D eigenvalue weighted by atomic mass is 35.7. The molecule has 0 aliphatic carbocycles. The van der Waals surface area contributed by atoms with Crippen LogP contribution in [0.5, 0.6) is 0 Å². The number of hydrogen-bond donors (Lipinski definition) is 1. The van der Waals surface area contributed by atoms with Crippen molar-refractivity contribution in [1.82, 2.24) is 18.9 Å². The molecule has 11 nitrogen and oxygen atoms in total. The van der Waals surface area contributed by atoms with Crippen LogP contribution in [0.15, 0.2) is 15.8 Å². The minimum atomic E-state index is -1.30. The van der Waals surface area contributed by atoms with Crippen LogP contribution >= 0.6 is 39.5 Å². The van der Waals surface area contributed by atoms with Crippen LogP contribution in [-0.4, -0.2) is 91.2 Å². The van der Waals surface area contributed by atoms with Gasteiger partial charge in [0.25, 0.3) is 14.1 Å². The predicted molar refractivity (Wildman–Crippen MR) is 170 cm³/mol. The highest BCUT2D eigenvalue weighted by Crippen LogP contribution is 2.53. The zero-order chi connectivity index (χ0) is 31.8. The molecule has 16 heteroatoms. The van der Waals surface area contributed by atoms with E-state index in [1.807, 2.05) is 6.92 Å². The first kappa shape index (κ1) is 32.4. The van der Waals surface area contributed by atoms with Gasteiger partial charge in [0.1, 0.15) is 20.1 Å². The first-order chi connectivity index (χ1) is 20.3. The van der Waals surface area contributed by atoms with Crippen molar-refractivity contribution in [3.8, 4) is 0 Å². The van der Waals surface area contributed by atoms with Gasteiger partial charge in [-0.3, -0.25) is 14.3 Å².